The number of nitrogens with one attached hydrogen (secondary N) is 1. The standard InChI is InChI=1S/C14H19NO3S3/c1-8-5-14(20-13(8)7-16)21(17,18)15-10(3)12-6-9(2)19-11(12)4/h5-6,10,15-16H,7H2,1-4H3. The lowest BCUT2D eigenvalue weighted by Gasteiger charge is -2.13. The second-order valence-corrected chi connectivity index (χ2v) is 9.58. The van der Waals surface area contributed by atoms with E-state index in [-0.39, 0.29) is 16.9 Å². The van der Waals surface area contributed by atoms with Crippen LogP contribution in [0.15, 0.2) is 16.3 Å². The summed E-state index contributed by atoms with van der Waals surface area (Å²) in [7, 11) is -3.56. The predicted octanol–water partition coefficient (Wildman–Crippen LogP) is 3.27. The zero-order valence-corrected chi connectivity index (χ0v) is 14.9. The molecule has 0 fully saturated rings. The molecule has 2 heterocycles. The Morgan fingerprint density at radius 2 is 1.90 bits per heavy atom. The number of aryl methyl sites for hydroxylation is 3. The summed E-state index contributed by atoms with van der Waals surface area (Å²) in [5.41, 5.74) is 1.81. The molecule has 0 aliphatic carbocycles. The third kappa shape index (κ3) is 3.54. The Balaban J connectivity index is 2.26. The van der Waals surface area contributed by atoms with E-state index in [0.29, 0.717) is 4.88 Å². The third-order valence-corrected chi connectivity index (χ3v) is 7.50. The number of hydrogen-bond donors (Lipinski definition) is 2. The van der Waals surface area contributed by atoms with Crippen molar-refractivity contribution in [2.45, 2.75) is 44.6 Å². The summed E-state index contributed by atoms with van der Waals surface area (Å²) in [6.45, 7) is 7.52. The van der Waals surface area contributed by atoms with Gasteiger partial charge in [0.1, 0.15) is 4.21 Å². The molecular formula is C14H19NO3S3. The molecule has 1 unspecified atom stereocenters. The first-order valence-electron chi connectivity index (χ1n) is 6.54. The fourth-order valence-corrected chi connectivity index (χ4v) is 5.92. The highest BCUT2D eigenvalue weighted by molar-refractivity contribution is 7.91. The highest BCUT2D eigenvalue weighted by Crippen LogP contribution is 2.30. The van der Waals surface area contributed by atoms with Crippen molar-refractivity contribution in [2.75, 3.05) is 0 Å². The maximum absolute atomic E-state index is 12.4. The minimum atomic E-state index is -3.56. The molecule has 0 radical (unpaired) electrons. The van der Waals surface area contributed by atoms with Gasteiger partial charge < -0.3 is 5.11 Å². The molecule has 2 aromatic rings. The van der Waals surface area contributed by atoms with Crippen LogP contribution in [0.1, 0.15) is 38.7 Å². The smallest absolute Gasteiger partial charge is 0.250 e. The second kappa shape index (κ2) is 6.18. The molecule has 0 aromatic carbocycles. The lowest BCUT2D eigenvalue weighted by atomic mass is 10.1. The van der Waals surface area contributed by atoms with Crippen LogP contribution in [0.3, 0.4) is 0 Å². The van der Waals surface area contributed by atoms with Crippen LogP contribution in [0.4, 0.5) is 0 Å². The van der Waals surface area contributed by atoms with E-state index >= 15 is 0 Å². The lowest BCUT2D eigenvalue weighted by molar-refractivity contribution is 0.285. The number of thiophene rings is 2. The van der Waals surface area contributed by atoms with Gasteiger partial charge in [-0.15, -0.1) is 22.7 Å². The minimum absolute atomic E-state index is 0.135. The quantitative estimate of drug-likeness (QED) is 0.874. The van der Waals surface area contributed by atoms with Crippen LogP contribution in [0, 0.1) is 20.8 Å². The van der Waals surface area contributed by atoms with Gasteiger partial charge in [0.25, 0.3) is 10.0 Å². The molecular weight excluding hydrogens is 326 g/mol. The van der Waals surface area contributed by atoms with E-state index in [2.05, 4.69) is 4.72 Å². The van der Waals surface area contributed by atoms with Gasteiger partial charge in [0.15, 0.2) is 0 Å². The Hall–Kier alpha value is -0.730. The van der Waals surface area contributed by atoms with Crippen LogP contribution in [-0.4, -0.2) is 13.5 Å². The fourth-order valence-electron chi connectivity index (χ4n) is 2.21. The van der Waals surface area contributed by atoms with Crippen LogP contribution >= 0.6 is 22.7 Å². The molecule has 0 spiro atoms. The first kappa shape index (κ1) is 16.6. The van der Waals surface area contributed by atoms with Gasteiger partial charge in [0, 0.05) is 20.7 Å². The van der Waals surface area contributed by atoms with Gasteiger partial charge >= 0.3 is 0 Å². The normalized spacial score (nSPS) is 13.6. The summed E-state index contributed by atoms with van der Waals surface area (Å²) in [5.74, 6) is 0. The molecule has 0 aliphatic heterocycles. The summed E-state index contributed by atoms with van der Waals surface area (Å²) < 4.78 is 27.8. The molecule has 116 valence electrons. The summed E-state index contributed by atoms with van der Waals surface area (Å²) in [4.78, 5) is 2.98. The van der Waals surface area contributed by atoms with Crippen molar-refractivity contribution < 1.29 is 13.5 Å². The molecule has 2 N–H and O–H groups in total. The van der Waals surface area contributed by atoms with Crippen LogP contribution in [0.5, 0.6) is 0 Å². The van der Waals surface area contributed by atoms with Crippen molar-refractivity contribution in [3.8, 4) is 0 Å². The Morgan fingerprint density at radius 1 is 1.24 bits per heavy atom. The van der Waals surface area contributed by atoms with E-state index in [9.17, 15) is 13.5 Å². The second-order valence-electron chi connectivity index (χ2n) is 5.04. The Labute approximate surface area is 133 Å². The van der Waals surface area contributed by atoms with Gasteiger partial charge in [-0.1, -0.05) is 0 Å². The molecule has 0 saturated heterocycles. The summed E-state index contributed by atoms with van der Waals surface area (Å²) in [6.07, 6.45) is 0. The molecule has 2 rings (SSSR count). The van der Waals surface area contributed by atoms with E-state index < -0.39 is 10.0 Å². The van der Waals surface area contributed by atoms with Crippen molar-refractivity contribution >= 4 is 32.7 Å². The Morgan fingerprint density at radius 3 is 2.38 bits per heavy atom. The molecule has 4 nitrogen and oxygen atoms in total. The van der Waals surface area contributed by atoms with Crippen LogP contribution in [0.25, 0.3) is 0 Å². The summed E-state index contributed by atoms with van der Waals surface area (Å²) in [6, 6.07) is 3.35. The maximum atomic E-state index is 12.4. The Kier molecular flexibility index (Phi) is 4.89. The molecule has 1 atom stereocenters. The average molecular weight is 346 g/mol. The van der Waals surface area contributed by atoms with E-state index in [4.69, 9.17) is 0 Å². The number of rotatable bonds is 5. The first-order valence-corrected chi connectivity index (χ1v) is 9.65. The zero-order chi connectivity index (χ0) is 15.8. The third-order valence-electron chi connectivity index (χ3n) is 3.28. The monoisotopic (exact) mass is 345 g/mol. The topological polar surface area (TPSA) is 66.4 Å². The summed E-state index contributed by atoms with van der Waals surface area (Å²) in [5, 5.41) is 9.19. The van der Waals surface area contributed by atoms with Gasteiger partial charge in [0.05, 0.1) is 6.61 Å². The highest BCUT2D eigenvalue weighted by Gasteiger charge is 2.23. The van der Waals surface area contributed by atoms with Crippen molar-refractivity contribution in [3.63, 3.8) is 0 Å². The van der Waals surface area contributed by atoms with Gasteiger partial charge in [-0.25, -0.2) is 13.1 Å². The van der Waals surface area contributed by atoms with Crippen molar-refractivity contribution in [2.24, 2.45) is 0 Å². The van der Waals surface area contributed by atoms with E-state index in [1.54, 1.807) is 24.3 Å². The molecule has 0 amide bonds. The van der Waals surface area contributed by atoms with Crippen molar-refractivity contribution in [3.05, 3.63) is 37.9 Å². The SMILES string of the molecule is Cc1cc(C(C)NS(=O)(=O)c2cc(C)c(CO)s2)c(C)s1. The van der Waals surface area contributed by atoms with Gasteiger partial charge in [-0.05, 0) is 51.0 Å². The summed E-state index contributed by atoms with van der Waals surface area (Å²) >= 11 is 2.78. The fraction of sp³-hybridized carbons (Fsp3) is 0.429. The number of aliphatic hydroxyl groups is 1. The van der Waals surface area contributed by atoms with Crippen LogP contribution < -0.4 is 4.72 Å². The molecule has 2 aromatic heterocycles. The van der Waals surface area contributed by atoms with Crippen LogP contribution in [0.2, 0.25) is 0 Å². The zero-order valence-electron chi connectivity index (χ0n) is 12.4. The first-order chi connectivity index (χ1) is 9.74. The highest BCUT2D eigenvalue weighted by atomic mass is 32.2. The minimum Gasteiger partial charge on any atom is -0.391 e. The average Bonchev–Trinajstić information content (AvgIpc) is 2.91. The van der Waals surface area contributed by atoms with Gasteiger partial charge in [-0.2, -0.15) is 0 Å². The van der Waals surface area contributed by atoms with Crippen LogP contribution in [-0.2, 0) is 16.6 Å². The van der Waals surface area contributed by atoms with Crippen molar-refractivity contribution in [1.82, 2.24) is 4.72 Å². The number of aliphatic hydroxyl groups excluding tert-OH is 1. The largest absolute Gasteiger partial charge is 0.391 e. The van der Waals surface area contributed by atoms with E-state index in [0.717, 1.165) is 27.3 Å². The maximum Gasteiger partial charge on any atom is 0.250 e. The predicted molar refractivity (Wildman–Crippen MR) is 87.5 cm³/mol. The molecule has 21 heavy (non-hydrogen) atoms. The molecule has 7 heteroatoms. The number of sulfonamides is 1. The molecule has 0 saturated carbocycles. The molecule has 0 bridgehead atoms. The van der Waals surface area contributed by atoms with Crippen molar-refractivity contribution in [1.29, 1.82) is 0 Å². The van der Waals surface area contributed by atoms with Gasteiger partial charge in [0.2, 0.25) is 0 Å². The Bertz CT molecular complexity index is 744. The molecule has 0 aliphatic rings. The lowest BCUT2D eigenvalue weighted by Crippen LogP contribution is -2.26. The van der Waals surface area contributed by atoms with Gasteiger partial charge in [-0.3, -0.25) is 0 Å². The van der Waals surface area contributed by atoms with E-state index in [1.807, 2.05) is 26.8 Å². The van der Waals surface area contributed by atoms with E-state index in [1.165, 1.54) is 4.88 Å². The number of hydrogen-bond acceptors (Lipinski definition) is 5.